The lowest BCUT2D eigenvalue weighted by molar-refractivity contribution is 0.572. The summed E-state index contributed by atoms with van der Waals surface area (Å²) in [6.45, 7) is 0. The summed E-state index contributed by atoms with van der Waals surface area (Å²) in [5.74, 6) is 0. The van der Waals surface area contributed by atoms with Gasteiger partial charge in [-0.2, -0.15) is 0 Å². The largest absolute Gasteiger partial charge is 0.420 e. The average molecular weight is 666 g/mol. The summed E-state index contributed by atoms with van der Waals surface area (Å²) >= 11 is 0. The summed E-state index contributed by atoms with van der Waals surface area (Å²) in [5, 5.41) is 4.51. The molecule has 0 aliphatic rings. The van der Waals surface area contributed by atoms with Gasteiger partial charge in [0.25, 0.3) is 0 Å². The molecule has 244 valence electrons. The fraction of sp³-hybridized carbons (Fsp3) is 0. The number of hydrogen-bond donors (Lipinski definition) is 0. The minimum Gasteiger partial charge on any atom is -0.420 e. The molecule has 3 nitrogen and oxygen atoms in total. The fourth-order valence-electron chi connectivity index (χ4n) is 7.75. The lowest BCUT2D eigenvalue weighted by Crippen LogP contribution is -2.01. The van der Waals surface area contributed by atoms with Crippen molar-refractivity contribution in [3.05, 3.63) is 198 Å². The van der Waals surface area contributed by atoms with Crippen LogP contribution in [0.25, 0.3) is 93.7 Å². The SMILES string of the molecule is O=c1oc2c(ccc3c4ccccc4n(-c4cc(-c5cccc(-c6ccccc6)c5)cc(-c5cccc(-c6ccccc6)c5)c4)c32)c2ccccc12. The van der Waals surface area contributed by atoms with Crippen molar-refractivity contribution in [3.8, 4) is 50.2 Å². The molecule has 0 radical (unpaired) electrons. The Labute approximate surface area is 300 Å². The van der Waals surface area contributed by atoms with Gasteiger partial charge in [0.1, 0.15) is 0 Å². The zero-order valence-corrected chi connectivity index (χ0v) is 28.2. The van der Waals surface area contributed by atoms with Crippen LogP contribution in [0.3, 0.4) is 0 Å². The molecule has 2 heterocycles. The predicted octanol–water partition coefficient (Wildman–Crippen LogP) is 12.7. The van der Waals surface area contributed by atoms with Crippen molar-refractivity contribution in [1.29, 1.82) is 0 Å². The van der Waals surface area contributed by atoms with Crippen LogP contribution in [0, 0.1) is 0 Å². The number of nitrogens with zero attached hydrogens (tertiary/aromatic N) is 1. The van der Waals surface area contributed by atoms with E-state index in [4.69, 9.17) is 4.42 Å². The number of aromatic nitrogens is 1. The monoisotopic (exact) mass is 665 g/mol. The molecule has 0 fully saturated rings. The molecular weight excluding hydrogens is 635 g/mol. The van der Waals surface area contributed by atoms with Gasteiger partial charge in [0.05, 0.1) is 16.4 Å². The molecule has 0 spiro atoms. The van der Waals surface area contributed by atoms with Crippen LogP contribution in [-0.4, -0.2) is 4.57 Å². The van der Waals surface area contributed by atoms with Gasteiger partial charge in [0, 0.05) is 21.8 Å². The Morgan fingerprint density at radius 3 is 1.42 bits per heavy atom. The molecule has 0 N–H and O–H groups in total. The Hall–Kier alpha value is -6.97. The first-order chi connectivity index (χ1) is 25.7. The van der Waals surface area contributed by atoms with Crippen LogP contribution in [0.1, 0.15) is 0 Å². The Bertz CT molecular complexity index is 2930. The zero-order valence-electron chi connectivity index (χ0n) is 28.2. The second-order valence-corrected chi connectivity index (χ2v) is 13.3. The molecule has 0 atom stereocenters. The van der Waals surface area contributed by atoms with Crippen molar-refractivity contribution in [2.24, 2.45) is 0 Å². The highest BCUT2D eigenvalue weighted by molar-refractivity contribution is 6.20. The van der Waals surface area contributed by atoms with Crippen molar-refractivity contribution >= 4 is 43.5 Å². The number of rotatable bonds is 5. The Morgan fingerprint density at radius 1 is 0.346 bits per heavy atom. The molecule has 0 bridgehead atoms. The first-order valence-electron chi connectivity index (χ1n) is 17.5. The summed E-state index contributed by atoms with van der Waals surface area (Å²) in [7, 11) is 0. The first-order valence-corrected chi connectivity index (χ1v) is 17.5. The third kappa shape index (κ3) is 4.94. The van der Waals surface area contributed by atoms with Crippen LogP contribution < -0.4 is 5.63 Å². The molecule has 52 heavy (non-hydrogen) atoms. The molecule has 3 heteroatoms. The summed E-state index contributed by atoms with van der Waals surface area (Å²) in [4.78, 5) is 13.5. The van der Waals surface area contributed by atoms with E-state index in [1.165, 1.54) is 11.1 Å². The highest BCUT2D eigenvalue weighted by atomic mass is 16.4. The zero-order chi connectivity index (χ0) is 34.6. The topological polar surface area (TPSA) is 35.1 Å². The highest BCUT2D eigenvalue weighted by Gasteiger charge is 2.20. The molecule has 0 aliphatic heterocycles. The maximum absolute atomic E-state index is 13.5. The Kier molecular flexibility index (Phi) is 6.97. The normalized spacial score (nSPS) is 11.5. The van der Waals surface area contributed by atoms with E-state index in [0.29, 0.717) is 11.0 Å². The third-order valence-corrected chi connectivity index (χ3v) is 10.2. The van der Waals surface area contributed by atoms with Crippen LogP contribution in [-0.2, 0) is 0 Å². The molecular formula is C49H31NO2. The van der Waals surface area contributed by atoms with E-state index in [9.17, 15) is 4.79 Å². The number of benzene rings is 8. The van der Waals surface area contributed by atoms with Gasteiger partial charge in [-0.3, -0.25) is 0 Å². The smallest absolute Gasteiger partial charge is 0.344 e. The Morgan fingerprint density at radius 2 is 0.808 bits per heavy atom. The lowest BCUT2D eigenvalue weighted by Gasteiger charge is -2.16. The van der Waals surface area contributed by atoms with Crippen LogP contribution in [0.4, 0.5) is 0 Å². The minimum absolute atomic E-state index is 0.336. The van der Waals surface area contributed by atoms with Gasteiger partial charge in [-0.1, -0.05) is 140 Å². The maximum Gasteiger partial charge on any atom is 0.344 e. The van der Waals surface area contributed by atoms with Gasteiger partial charge in [-0.25, -0.2) is 4.79 Å². The quantitative estimate of drug-likeness (QED) is 0.135. The van der Waals surface area contributed by atoms with E-state index in [2.05, 4.69) is 156 Å². The van der Waals surface area contributed by atoms with Gasteiger partial charge in [-0.15, -0.1) is 0 Å². The van der Waals surface area contributed by atoms with E-state index in [1.54, 1.807) is 0 Å². The van der Waals surface area contributed by atoms with E-state index in [1.807, 2.05) is 36.4 Å². The lowest BCUT2D eigenvalue weighted by atomic mass is 9.94. The third-order valence-electron chi connectivity index (χ3n) is 10.2. The summed E-state index contributed by atoms with van der Waals surface area (Å²) in [6.07, 6.45) is 0. The molecule has 0 unspecified atom stereocenters. The molecule has 0 aliphatic carbocycles. The molecule has 0 amide bonds. The second kappa shape index (κ2) is 12.1. The van der Waals surface area contributed by atoms with Crippen molar-refractivity contribution in [2.75, 3.05) is 0 Å². The van der Waals surface area contributed by atoms with Gasteiger partial charge in [0.2, 0.25) is 0 Å². The standard InChI is InChI=1S/C49H31NO2/c51-49-45-23-8-7-21-41(45)44-26-25-43-42-22-9-10-24-46(42)50(47(43)48(44)52-49)40-30-38(36-19-11-17-34(27-36)32-13-3-1-4-14-32)29-39(31-40)37-20-12-18-35(28-37)33-15-5-2-6-16-33/h1-31H. The summed E-state index contributed by atoms with van der Waals surface area (Å²) in [6, 6.07) is 65.7. The molecule has 0 saturated heterocycles. The van der Waals surface area contributed by atoms with Crippen LogP contribution in [0.15, 0.2) is 197 Å². The van der Waals surface area contributed by atoms with E-state index < -0.39 is 0 Å². The average Bonchev–Trinajstić information content (AvgIpc) is 3.57. The van der Waals surface area contributed by atoms with Crippen LogP contribution in [0.2, 0.25) is 0 Å². The van der Waals surface area contributed by atoms with E-state index in [-0.39, 0.29) is 5.63 Å². The number of para-hydroxylation sites is 1. The highest BCUT2D eigenvalue weighted by Crippen LogP contribution is 2.40. The summed E-state index contributed by atoms with van der Waals surface area (Å²) in [5.41, 5.74) is 12.2. The van der Waals surface area contributed by atoms with Gasteiger partial charge < -0.3 is 8.98 Å². The van der Waals surface area contributed by atoms with Crippen molar-refractivity contribution in [3.63, 3.8) is 0 Å². The summed E-state index contributed by atoms with van der Waals surface area (Å²) < 4.78 is 8.54. The van der Waals surface area contributed by atoms with E-state index >= 15 is 0 Å². The molecule has 8 aromatic carbocycles. The predicted molar refractivity (Wildman–Crippen MR) is 216 cm³/mol. The van der Waals surface area contributed by atoms with Crippen molar-refractivity contribution in [1.82, 2.24) is 4.57 Å². The van der Waals surface area contributed by atoms with Gasteiger partial charge >= 0.3 is 5.63 Å². The molecule has 10 aromatic rings. The fourth-order valence-corrected chi connectivity index (χ4v) is 7.75. The van der Waals surface area contributed by atoms with Crippen molar-refractivity contribution in [2.45, 2.75) is 0 Å². The maximum atomic E-state index is 13.5. The molecule has 0 saturated carbocycles. The van der Waals surface area contributed by atoms with Gasteiger partial charge in [-0.05, 0) is 98.4 Å². The van der Waals surface area contributed by atoms with Crippen LogP contribution in [0.5, 0.6) is 0 Å². The van der Waals surface area contributed by atoms with E-state index in [0.717, 1.165) is 71.6 Å². The minimum atomic E-state index is -0.336. The van der Waals surface area contributed by atoms with Gasteiger partial charge in [0.15, 0.2) is 5.58 Å². The second-order valence-electron chi connectivity index (χ2n) is 13.3. The molecule has 10 rings (SSSR count). The number of fused-ring (bicyclic) bond motifs is 7. The molecule has 2 aromatic heterocycles. The van der Waals surface area contributed by atoms with Crippen LogP contribution >= 0.6 is 0 Å². The van der Waals surface area contributed by atoms with Crippen molar-refractivity contribution < 1.29 is 4.42 Å². The Balaban J connectivity index is 1.28. The number of hydrogen-bond acceptors (Lipinski definition) is 2. The first kappa shape index (κ1) is 29.9.